The molecule has 2 aliphatic heterocycles. The Morgan fingerprint density at radius 3 is 2.35 bits per heavy atom. The molecule has 0 aliphatic carbocycles. The molecule has 2 nitrogen and oxygen atoms in total. The van der Waals surface area contributed by atoms with E-state index < -0.39 is 0 Å². The second-order valence-electron chi connectivity index (χ2n) is 6.04. The third-order valence-corrected chi connectivity index (χ3v) is 5.92. The number of rotatable bonds is 4. The molecule has 0 saturated carbocycles. The van der Waals surface area contributed by atoms with Crippen LogP contribution < -0.4 is 5.73 Å². The molecule has 0 aromatic heterocycles. The molecule has 3 heteroatoms. The molecule has 2 N–H and O–H groups in total. The molecule has 17 heavy (non-hydrogen) atoms. The molecule has 0 amide bonds. The molecule has 2 heterocycles. The minimum atomic E-state index is 0.665. The van der Waals surface area contributed by atoms with Crippen LogP contribution in [-0.2, 0) is 0 Å². The number of nitrogens with two attached hydrogens (primary N) is 1. The highest BCUT2D eigenvalue weighted by Crippen LogP contribution is 2.32. The average molecular weight is 256 g/mol. The molecular weight excluding hydrogens is 228 g/mol. The quantitative estimate of drug-likeness (QED) is 0.838. The van der Waals surface area contributed by atoms with Crippen molar-refractivity contribution in [1.82, 2.24) is 4.90 Å². The Bertz CT molecular complexity index is 218. The number of likely N-dealkylation sites (tertiary alicyclic amines) is 1. The first-order valence-corrected chi connectivity index (χ1v) is 8.39. The molecule has 2 saturated heterocycles. The smallest absolute Gasteiger partial charge is 0.0254 e. The van der Waals surface area contributed by atoms with Crippen molar-refractivity contribution in [3.05, 3.63) is 0 Å². The van der Waals surface area contributed by atoms with Gasteiger partial charge in [-0.1, -0.05) is 13.8 Å². The lowest BCUT2D eigenvalue weighted by Gasteiger charge is -2.40. The Labute approximate surface area is 111 Å². The summed E-state index contributed by atoms with van der Waals surface area (Å²) in [7, 11) is 0. The standard InChI is InChI=1S/C14H28N2S/c1-11(2)12-3-6-16(7-4-12)14(9-15)13-5-8-17-10-13/h11-14H,3-10,15H2,1-2H3. The highest BCUT2D eigenvalue weighted by molar-refractivity contribution is 7.99. The lowest BCUT2D eigenvalue weighted by atomic mass is 9.85. The zero-order chi connectivity index (χ0) is 12.3. The summed E-state index contributed by atoms with van der Waals surface area (Å²) in [6, 6.07) is 0.665. The summed E-state index contributed by atoms with van der Waals surface area (Å²) in [5, 5.41) is 0. The van der Waals surface area contributed by atoms with Gasteiger partial charge < -0.3 is 5.73 Å². The van der Waals surface area contributed by atoms with E-state index in [9.17, 15) is 0 Å². The Balaban J connectivity index is 1.85. The fraction of sp³-hybridized carbons (Fsp3) is 1.00. The summed E-state index contributed by atoms with van der Waals surface area (Å²) in [6.07, 6.45) is 4.15. The van der Waals surface area contributed by atoms with Gasteiger partial charge in [0.15, 0.2) is 0 Å². The predicted molar refractivity (Wildman–Crippen MR) is 77.4 cm³/mol. The fourth-order valence-electron chi connectivity index (χ4n) is 3.41. The molecule has 0 aromatic carbocycles. The van der Waals surface area contributed by atoms with Crippen molar-refractivity contribution in [2.24, 2.45) is 23.5 Å². The molecule has 0 aromatic rings. The van der Waals surface area contributed by atoms with E-state index in [0.29, 0.717) is 6.04 Å². The second kappa shape index (κ2) is 6.44. The monoisotopic (exact) mass is 256 g/mol. The third kappa shape index (κ3) is 3.39. The van der Waals surface area contributed by atoms with Crippen LogP contribution in [0.3, 0.4) is 0 Å². The van der Waals surface area contributed by atoms with Gasteiger partial charge in [-0.25, -0.2) is 0 Å². The van der Waals surface area contributed by atoms with Crippen molar-refractivity contribution in [2.75, 3.05) is 31.1 Å². The van der Waals surface area contributed by atoms with Gasteiger partial charge in [0.05, 0.1) is 0 Å². The van der Waals surface area contributed by atoms with E-state index >= 15 is 0 Å². The van der Waals surface area contributed by atoms with E-state index in [0.717, 1.165) is 24.3 Å². The van der Waals surface area contributed by atoms with E-state index in [2.05, 4.69) is 30.5 Å². The molecule has 2 unspecified atom stereocenters. The highest BCUT2D eigenvalue weighted by atomic mass is 32.2. The number of hydrogen-bond donors (Lipinski definition) is 1. The van der Waals surface area contributed by atoms with Gasteiger partial charge in [-0.05, 0) is 61.6 Å². The number of thioether (sulfide) groups is 1. The van der Waals surface area contributed by atoms with Crippen LogP contribution in [-0.4, -0.2) is 42.1 Å². The van der Waals surface area contributed by atoms with Gasteiger partial charge in [-0.2, -0.15) is 11.8 Å². The van der Waals surface area contributed by atoms with Crippen molar-refractivity contribution in [3.8, 4) is 0 Å². The summed E-state index contributed by atoms with van der Waals surface area (Å²) >= 11 is 2.11. The van der Waals surface area contributed by atoms with Crippen LogP contribution in [0.2, 0.25) is 0 Å². The largest absolute Gasteiger partial charge is 0.329 e. The van der Waals surface area contributed by atoms with Crippen LogP contribution in [0, 0.1) is 17.8 Å². The normalized spacial score (nSPS) is 30.0. The van der Waals surface area contributed by atoms with Crippen molar-refractivity contribution in [2.45, 2.75) is 39.2 Å². The molecule has 2 aliphatic rings. The third-order valence-electron chi connectivity index (χ3n) is 4.74. The predicted octanol–water partition coefficient (Wildman–Crippen LogP) is 2.43. The minimum absolute atomic E-state index is 0.665. The second-order valence-corrected chi connectivity index (χ2v) is 7.19. The summed E-state index contributed by atoms with van der Waals surface area (Å²) in [5.41, 5.74) is 6.03. The van der Waals surface area contributed by atoms with Crippen LogP contribution in [0.15, 0.2) is 0 Å². The van der Waals surface area contributed by atoms with Crippen LogP contribution >= 0.6 is 11.8 Å². The van der Waals surface area contributed by atoms with E-state index in [4.69, 9.17) is 5.73 Å². The van der Waals surface area contributed by atoms with Crippen LogP contribution in [0.5, 0.6) is 0 Å². The zero-order valence-corrected chi connectivity index (χ0v) is 12.2. The lowest BCUT2D eigenvalue weighted by Crippen LogP contribution is -2.49. The SMILES string of the molecule is CC(C)C1CCN(C(CN)C2CCSC2)CC1. The summed E-state index contributed by atoms with van der Waals surface area (Å²) < 4.78 is 0. The van der Waals surface area contributed by atoms with Crippen LogP contribution in [0.1, 0.15) is 33.1 Å². The maximum Gasteiger partial charge on any atom is 0.0254 e. The maximum absolute atomic E-state index is 6.03. The first-order valence-electron chi connectivity index (χ1n) is 7.24. The summed E-state index contributed by atoms with van der Waals surface area (Å²) in [5.74, 6) is 5.36. The summed E-state index contributed by atoms with van der Waals surface area (Å²) in [4.78, 5) is 2.69. The van der Waals surface area contributed by atoms with E-state index in [1.54, 1.807) is 0 Å². The Morgan fingerprint density at radius 2 is 1.88 bits per heavy atom. The van der Waals surface area contributed by atoms with Crippen molar-refractivity contribution >= 4 is 11.8 Å². The van der Waals surface area contributed by atoms with E-state index in [1.165, 1.54) is 43.9 Å². The van der Waals surface area contributed by atoms with Gasteiger partial charge in [-0.3, -0.25) is 4.90 Å². The molecule has 2 atom stereocenters. The van der Waals surface area contributed by atoms with Crippen molar-refractivity contribution in [3.63, 3.8) is 0 Å². The van der Waals surface area contributed by atoms with Gasteiger partial charge in [0.2, 0.25) is 0 Å². The van der Waals surface area contributed by atoms with Crippen molar-refractivity contribution in [1.29, 1.82) is 0 Å². The lowest BCUT2D eigenvalue weighted by molar-refractivity contribution is 0.0920. The number of hydrogen-bond acceptors (Lipinski definition) is 3. The highest BCUT2D eigenvalue weighted by Gasteiger charge is 2.32. The number of nitrogens with zero attached hydrogens (tertiary/aromatic N) is 1. The van der Waals surface area contributed by atoms with E-state index in [-0.39, 0.29) is 0 Å². The number of piperidine rings is 1. The zero-order valence-electron chi connectivity index (χ0n) is 11.4. The molecule has 100 valence electrons. The Hall–Kier alpha value is 0.270. The maximum atomic E-state index is 6.03. The molecule has 0 bridgehead atoms. The van der Waals surface area contributed by atoms with Gasteiger partial charge in [0.25, 0.3) is 0 Å². The van der Waals surface area contributed by atoms with Gasteiger partial charge in [0.1, 0.15) is 0 Å². The Kier molecular flexibility index (Phi) is 5.19. The van der Waals surface area contributed by atoms with Crippen LogP contribution in [0.4, 0.5) is 0 Å². The molecule has 2 rings (SSSR count). The molecule has 0 spiro atoms. The topological polar surface area (TPSA) is 29.3 Å². The molecular formula is C14H28N2S. The average Bonchev–Trinajstić information content (AvgIpc) is 2.84. The molecule has 0 radical (unpaired) electrons. The van der Waals surface area contributed by atoms with Gasteiger partial charge >= 0.3 is 0 Å². The first kappa shape index (κ1) is 13.7. The summed E-state index contributed by atoms with van der Waals surface area (Å²) in [6.45, 7) is 8.16. The molecule has 2 fully saturated rings. The van der Waals surface area contributed by atoms with E-state index in [1.807, 2.05) is 0 Å². The fourth-order valence-corrected chi connectivity index (χ4v) is 4.74. The van der Waals surface area contributed by atoms with Gasteiger partial charge in [-0.15, -0.1) is 0 Å². The van der Waals surface area contributed by atoms with Gasteiger partial charge in [0, 0.05) is 12.6 Å². The van der Waals surface area contributed by atoms with Crippen LogP contribution in [0.25, 0.3) is 0 Å². The van der Waals surface area contributed by atoms with Crippen molar-refractivity contribution < 1.29 is 0 Å². The minimum Gasteiger partial charge on any atom is -0.329 e. The Morgan fingerprint density at radius 1 is 1.18 bits per heavy atom. The first-order chi connectivity index (χ1) is 8.22.